The highest BCUT2D eigenvalue weighted by Gasteiger charge is 2.32. The van der Waals surface area contributed by atoms with E-state index in [2.05, 4.69) is 9.98 Å². The number of halogens is 1. The number of ether oxygens (including phenoxy) is 2. The van der Waals surface area contributed by atoms with Crippen LogP contribution in [0, 0.1) is 0 Å². The first-order valence-electron chi connectivity index (χ1n) is 9.86. The lowest BCUT2D eigenvalue weighted by molar-refractivity contribution is 0.0643. The van der Waals surface area contributed by atoms with Gasteiger partial charge in [-0.05, 0) is 42.2 Å². The quantitative estimate of drug-likeness (QED) is 0.708. The number of allylic oxidation sites excluding steroid dienone is 1. The summed E-state index contributed by atoms with van der Waals surface area (Å²) in [6.45, 7) is 2.10. The topological polar surface area (TPSA) is 90.0 Å². The minimum atomic E-state index is -0.606. The summed E-state index contributed by atoms with van der Waals surface area (Å²) >= 11 is 0. The number of nitrogens with two attached hydrogens (primary N) is 1. The van der Waals surface area contributed by atoms with Crippen molar-refractivity contribution < 1.29 is 18.7 Å². The number of rotatable bonds is 7. The maximum atomic E-state index is 13.0. The van der Waals surface area contributed by atoms with Crippen LogP contribution >= 0.6 is 0 Å². The number of hydrogen-bond donors (Lipinski definition) is 1. The van der Waals surface area contributed by atoms with Crippen molar-refractivity contribution in [3.63, 3.8) is 0 Å². The fraction of sp³-hybridized carbons (Fsp3) is 0.318. The van der Waals surface area contributed by atoms with E-state index in [0.29, 0.717) is 36.8 Å². The summed E-state index contributed by atoms with van der Waals surface area (Å²) < 4.78 is 24.4. The molecule has 0 aliphatic carbocycles. The smallest absolute Gasteiger partial charge is 0.260 e. The molecule has 1 aromatic carbocycles. The molecule has 8 heteroatoms. The van der Waals surface area contributed by atoms with Crippen LogP contribution in [0.25, 0.3) is 0 Å². The third kappa shape index (κ3) is 4.49. The molecule has 156 valence electrons. The normalized spacial score (nSPS) is 19.0. The predicted molar refractivity (Wildman–Crippen MR) is 110 cm³/mol. The molecule has 2 aromatic rings. The van der Waals surface area contributed by atoms with E-state index in [1.807, 2.05) is 18.2 Å². The molecule has 7 nitrogen and oxygen atoms in total. The van der Waals surface area contributed by atoms with Crippen molar-refractivity contribution in [2.75, 3.05) is 13.2 Å². The first kappa shape index (κ1) is 20.0. The van der Waals surface area contributed by atoms with E-state index in [0.717, 1.165) is 43.0 Å². The number of carbonyl (C=O) groups is 1. The van der Waals surface area contributed by atoms with Crippen molar-refractivity contribution in [1.82, 2.24) is 9.88 Å². The molecular weight excluding hydrogens is 387 g/mol. The van der Waals surface area contributed by atoms with Gasteiger partial charge in [0.05, 0.1) is 18.0 Å². The molecule has 1 atom stereocenters. The molecule has 2 aliphatic heterocycles. The standard InChI is InChI=1S/C22H23FN4O3/c23-17(10-24)11-26-18-5-3-15(4-6-18)12-27-13-16-7-8-25-21(20(16)22(27)28)30-14-19-2-1-9-29-19/h3-8,10-11,19H,1-2,9,12-14,24H2. The van der Waals surface area contributed by atoms with Gasteiger partial charge in [-0.3, -0.25) is 9.79 Å². The van der Waals surface area contributed by atoms with E-state index in [4.69, 9.17) is 15.2 Å². The van der Waals surface area contributed by atoms with Crippen LogP contribution in [0.4, 0.5) is 10.1 Å². The molecule has 1 unspecified atom stereocenters. The van der Waals surface area contributed by atoms with Gasteiger partial charge >= 0.3 is 0 Å². The molecule has 1 saturated heterocycles. The van der Waals surface area contributed by atoms with Crippen molar-refractivity contribution in [2.24, 2.45) is 10.7 Å². The summed E-state index contributed by atoms with van der Waals surface area (Å²) in [5.41, 5.74) is 8.05. The van der Waals surface area contributed by atoms with Crippen molar-refractivity contribution in [1.29, 1.82) is 0 Å². The lowest BCUT2D eigenvalue weighted by atomic mass is 10.2. The van der Waals surface area contributed by atoms with Crippen molar-refractivity contribution in [2.45, 2.75) is 32.0 Å². The molecule has 0 radical (unpaired) electrons. The fourth-order valence-electron chi connectivity index (χ4n) is 3.55. The Morgan fingerprint density at radius 1 is 1.37 bits per heavy atom. The highest BCUT2D eigenvalue weighted by molar-refractivity contribution is 6.00. The summed E-state index contributed by atoms with van der Waals surface area (Å²) in [6.07, 6.45) is 5.63. The molecule has 0 saturated carbocycles. The van der Waals surface area contributed by atoms with Crippen LogP contribution in [0.15, 0.2) is 53.5 Å². The number of aliphatic imine (C=N–C) groups is 1. The van der Waals surface area contributed by atoms with Gasteiger partial charge in [0.1, 0.15) is 12.2 Å². The van der Waals surface area contributed by atoms with Crippen molar-refractivity contribution >= 4 is 17.8 Å². The van der Waals surface area contributed by atoms with Gasteiger partial charge in [0.15, 0.2) is 5.83 Å². The molecule has 1 aromatic heterocycles. The lowest BCUT2D eigenvalue weighted by Gasteiger charge is -2.16. The van der Waals surface area contributed by atoms with Gasteiger partial charge in [-0.25, -0.2) is 9.37 Å². The van der Waals surface area contributed by atoms with Crippen molar-refractivity contribution in [3.8, 4) is 5.88 Å². The molecular formula is C22H23FN4O3. The van der Waals surface area contributed by atoms with E-state index in [9.17, 15) is 9.18 Å². The van der Waals surface area contributed by atoms with Crippen LogP contribution in [-0.2, 0) is 17.8 Å². The second-order valence-electron chi connectivity index (χ2n) is 7.23. The average Bonchev–Trinajstić information content (AvgIpc) is 3.40. The molecule has 0 spiro atoms. The van der Waals surface area contributed by atoms with Crippen LogP contribution in [0.2, 0.25) is 0 Å². The summed E-state index contributed by atoms with van der Waals surface area (Å²) in [5, 5.41) is 0. The van der Waals surface area contributed by atoms with Gasteiger partial charge in [-0.15, -0.1) is 0 Å². The minimum absolute atomic E-state index is 0.0604. The molecule has 30 heavy (non-hydrogen) atoms. The molecule has 1 amide bonds. The Kier molecular flexibility index (Phi) is 6.04. The monoisotopic (exact) mass is 410 g/mol. The Hall–Kier alpha value is -3.26. The van der Waals surface area contributed by atoms with Crippen LogP contribution in [-0.4, -0.2) is 41.3 Å². The Morgan fingerprint density at radius 2 is 2.20 bits per heavy atom. The molecule has 1 fully saturated rings. The highest BCUT2D eigenvalue weighted by atomic mass is 19.1. The number of benzene rings is 1. The third-order valence-electron chi connectivity index (χ3n) is 5.10. The van der Waals surface area contributed by atoms with Gasteiger partial charge in [-0.1, -0.05) is 12.1 Å². The first-order chi connectivity index (χ1) is 14.6. The summed E-state index contributed by atoms with van der Waals surface area (Å²) in [5.74, 6) is -0.335. The first-order valence-corrected chi connectivity index (χ1v) is 9.86. The van der Waals surface area contributed by atoms with Gasteiger partial charge in [0.2, 0.25) is 5.88 Å². The number of nitrogens with zero attached hydrogens (tertiary/aromatic N) is 3. The van der Waals surface area contributed by atoms with Crippen LogP contribution in [0.3, 0.4) is 0 Å². The summed E-state index contributed by atoms with van der Waals surface area (Å²) in [7, 11) is 0. The molecule has 0 bridgehead atoms. The second-order valence-corrected chi connectivity index (χ2v) is 7.23. The Morgan fingerprint density at radius 3 is 2.93 bits per heavy atom. The fourth-order valence-corrected chi connectivity index (χ4v) is 3.55. The van der Waals surface area contributed by atoms with Gasteiger partial charge in [-0.2, -0.15) is 0 Å². The number of fused-ring (bicyclic) bond motifs is 1. The highest BCUT2D eigenvalue weighted by Crippen LogP contribution is 2.31. The Balaban J connectivity index is 1.41. The van der Waals surface area contributed by atoms with Crippen LogP contribution < -0.4 is 10.5 Å². The second kappa shape index (κ2) is 9.04. The van der Waals surface area contributed by atoms with Gasteiger partial charge in [0.25, 0.3) is 5.91 Å². The van der Waals surface area contributed by atoms with Gasteiger partial charge < -0.3 is 20.1 Å². The third-order valence-corrected chi connectivity index (χ3v) is 5.10. The summed E-state index contributed by atoms with van der Waals surface area (Å²) in [4.78, 5) is 23.0. The van der Waals surface area contributed by atoms with E-state index in [1.165, 1.54) is 0 Å². The van der Waals surface area contributed by atoms with Crippen molar-refractivity contribution in [3.05, 3.63) is 65.2 Å². The predicted octanol–water partition coefficient (Wildman–Crippen LogP) is 3.27. The summed E-state index contributed by atoms with van der Waals surface area (Å²) in [6, 6.07) is 9.10. The van der Waals surface area contributed by atoms with Gasteiger partial charge in [0, 0.05) is 32.1 Å². The van der Waals surface area contributed by atoms with Crippen LogP contribution in [0.1, 0.15) is 34.3 Å². The van der Waals surface area contributed by atoms with E-state index >= 15 is 0 Å². The average molecular weight is 410 g/mol. The zero-order valence-electron chi connectivity index (χ0n) is 16.5. The van der Waals surface area contributed by atoms with Crippen LogP contribution in [0.5, 0.6) is 5.88 Å². The maximum Gasteiger partial charge on any atom is 0.260 e. The number of amides is 1. The number of carbonyl (C=O) groups excluding carboxylic acids is 1. The Labute approximate surface area is 174 Å². The molecule has 2 aliphatic rings. The minimum Gasteiger partial charge on any atom is -0.474 e. The number of aromatic nitrogens is 1. The zero-order chi connectivity index (χ0) is 20.9. The van der Waals surface area contributed by atoms with E-state index < -0.39 is 5.83 Å². The SMILES string of the molecule is NC=C(F)C=Nc1ccc(CN2Cc3ccnc(OCC4CCCO4)c3C2=O)cc1. The maximum absolute atomic E-state index is 13.0. The number of pyridine rings is 1. The largest absolute Gasteiger partial charge is 0.474 e. The lowest BCUT2D eigenvalue weighted by Crippen LogP contribution is -2.24. The molecule has 4 rings (SSSR count). The molecule has 3 heterocycles. The number of hydrogen-bond acceptors (Lipinski definition) is 6. The Bertz CT molecular complexity index is 969. The molecule has 2 N–H and O–H groups in total. The van der Waals surface area contributed by atoms with E-state index in [1.54, 1.807) is 23.2 Å². The van der Waals surface area contributed by atoms with E-state index in [-0.39, 0.29) is 12.0 Å². The zero-order valence-corrected chi connectivity index (χ0v) is 16.5.